The van der Waals surface area contributed by atoms with Crippen molar-refractivity contribution in [1.29, 1.82) is 0 Å². The van der Waals surface area contributed by atoms with Crippen molar-refractivity contribution in [2.45, 2.75) is 6.54 Å². The van der Waals surface area contributed by atoms with E-state index in [-0.39, 0.29) is 5.69 Å². The molecule has 0 unspecified atom stereocenters. The van der Waals surface area contributed by atoms with Gasteiger partial charge in [-0.2, -0.15) is 5.10 Å². The summed E-state index contributed by atoms with van der Waals surface area (Å²) < 4.78 is 7.39. The Labute approximate surface area is 140 Å². The second kappa shape index (κ2) is 6.33. The van der Waals surface area contributed by atoms with Crippen LogP contribution in [-0.4, -0.2) is 32.8 Å². The number of aromatic nitrogens is 4. The zero-order valence-corrected chi connectivity index (χ0v) is 14.2. The van der Waals surface area contributed by atoms with Gasteiger partial charge in [0, 0.05) is 22.6 Å². The highest BCUT2D eigenvalue weighted by atomic mass is 79.9. The smallest absolute Gasteiger partial charge is 0.356 e. The molecule has 7 nitrogen and oxygen atoms in total. The Morgan fingerprint density at radius 3 is 2.91 bits per heavy atom. The molecule has 2 aromatic heterocycles. The van der Waals surface area contributed by atoms with E-state index in [1.807, 2.05) is 25.2 Å². The van der Waals surface area contributed by atoms with Crippen molar-refractivity contribution in [3.05, 3.63) is 46.6 Å². The number of anilines is 1. The monoisotopic (exact) mass is 375 g/mol. The van der Waals surface area contributed by atoms with Crippen molar-refractivity contribution < 1.29 is 9.53 Å². The molecule has 0 saturated carbocycles. The molecular weight excluding hydrogens is 362 g/mol. The lowest BCUT2D eigenvalue weighted by molar-refractivity contribution is 0.0594. The fourth-order valence-corrected chi connectivity index (χ4v) is 2.57. The van der Waals surface area contributed by atoms with Crippen molar-refractivity contribution in [3.8, 4) is 0 Å². The maximum absolute atomic E-state index is 11.8. The number of aryl methyl sites for hydroxylation is 1. The predicted molar refractivity (Wildman–Crippen MR) is 89.1 cm³/mol. The predicted octanol–water partition coefficient (Wildman–Crippen LogP) is 2.52. The minimum absolute atomic E-state index is 0.253. The number of hydrogen-bond acceptors (Lipinski definition) is 6. The van der Waals surface area contributed by atoms with Crippen molar-refractivity contribution in [1.82, 2.24) is 19.7 Å². The number of esters is 1. The van der Waals surface area contributed by atoms with Gasteiger partial charge in [-0.25, -0.2) is 14.8 Å². The van der Waals surface area contributed by atoms with Crippen LogP contribution >= 0.6 is 15.9 Å². The molecule has 0 bridgehead atoms. The van der Waals surface area contributed by atoms with Gasteiger partial charge >= 0.3 is 5.97 Å². The lowest BCUT2D eigenvalue weighted by Crippen LogP contribution is -2.10. The van der Waals surface area contributed by atoms with Crippen LogP contribution in [0.15, 0.2) is 35.1 Å². The molecule has 118 valence electrons. The molecule has 0 saturated heterocycles. The lowest BCUT2D eigenvalue weighted by Gasteiger charge is -2.11. The Kier molecular flexibility index (Phi) is 4.24. The van der Waals surface area contributed by atoms with Crippen LogP contribution in [0.2, 0.25) is 0 Å². The number of rotatable bonds is 4. The number of benzene rings is 1. The first-order chi connectivity index (χ1) is 11.1. The average molecular weight is 376 g/mol. The van der Waals surface area contributed by atoms with Gasteiger partial charge in [-0.1, -0.05) is 15.9 Å². The van der Waals surface area contributed by atoms with E-state index in [0.29, 0.717) is 12.1 Å². The molecule has 0 aliphatic carbocycles. The topological polar surface area (TPSA) is 81.9 Å². The van der Waals surface area contributed by atoms with Crippen molar-refractivity contribution in [2.24, 2.45) is 7.05 Å². The maximum atomic E-state index is 11.8. The van der Waals surface area contributed by atoms with E-state index in [2.05, 4.69) is 36.3 Å². The number of nitrogens with one attached hydrogen (secondary N) is 1. The van der Waals surface area contributed by atoms with E-state index in [4.69, 9.17) is 4.74 Å². The maximum Gasteiger partial charge on any atom is 0.356 e. The zero-order valence-electron chi connectivity index (χ0n) is 12.6. The molecule has 1 aromatic carbocycles. The van der Waals surface area contributed by atoms with E-state index >= 15 is 0 Å². The molecule has 8 heteroatoms. The second-order valence-corrected chi connectivity index (χ2v) is 5.78. The van der Waals surface area contributed by atoms with Crippen molar-refractivity contribution in [3.63, 3.8) is 0 Å². The van der Waals surface area contributed by atoms with E-state index < -0.39 is 5.97 Å². The minimum atomic E-state index is -0.475. The molecule has 0 atom stereocenters. The third-order valence-corrected chi connectivity index (χ3v) is 3.90. The number of fused-ring (bicyclic) bond motifs is 1. The number of carbonyl (C=O) groups excluding carboxylic acids is 1. The lowest BCUT2D eigenvalue weighted by atomic mass is 10.1. The van der Waals surface area contributed by atoms with E-state index in [0.717, 1.165) is 21.4 Å². The van der Waals surface area contributed by atoms with E-state index in [1.165, 1.54) is 13.4 Å². The number of ether oxygens (including phenoxy) is 1. The highest BCUT2D eigenvalue weighted by Gasteiger charge is 2.13. The molecule has 0 spiro atoms. The third kappa shape index (κ3) is 3.16. The van der Waals surface area contributed by atoms with Gasteiger partial charge in [0.1, 0.15) is 12.2 Å². The molecule has 0 fully saturated rings. The molecular formula is C15H14BrN5O2. The molecule has 0 amide bonds. The van der Waals surface area contributed by atoms with Crippen LogP contribution in [0.5, 0.6) is 0 Å². The summed E-state index contributed by atoms with van der Waals surface area (Å²) in [6.07, 6.45) is 1.50. The summed E-state index contributed by atoms with van der Waals surface area (Å²) in [7, 11) is 3.16. The summed E-state index contributed by atoms with van der Waals surface area (Å²) >= 11 is 3.46. The van der Waals surface area contributed by atoms with Crippen LogP contribution in [-0.2, 0) is 18.3 Å². The van der Waals surface area contributed by atoms with E-state index in [9.17, 15) is 4.79 Å². The summed E-state index contributed by atoms with van der Waals surface area (Å²) in [6, 6.07) is 7.35. The SMILES string of the molecule is COC(=O)c1cc(NCc2ncnn2C)c2cc(Br)ccc2n1. The standard InChI is InChI=1S/C15H14BrN5O2/c1-21-14(18-8-19-21)7-17-12-6-13(15(22)23-2)20-11-4-3-9(16)5-10(11)12/h3-6,8H,7H2,1-2H3,(H,17,20). The number of carbonyl (C=O) groups is 1. The van der Waals surface area contributed by atoms with Crippen molar-refractivity contribution in [2.75, 3.05) is 12.4 Å². The van der Waals surface area contributed by atoms with Crippen LogP contribution in [0, 0.1) is 0 Å². The van der Waals surface area contributed by atoms with Crippen LogP contribution in [0.4, 0.5) is 5.69 Å². The Hall–Kier alpha value is -2.48. The summed E-state index contributed by atoms with van der Waals surface area (Å²) in [6.45, 7) is 0.475. The minimum Gasteiger partial charge on any atom is -0.464 e. The van der Waals surface area contributed by atoms with Gasteiger partial charge in [-0.15, -0.1) is 0 Å². The molecule has 0 radical (unpaired) electrons. The van der Waals surface area contributed by atoms with Gasteiger partial charge in [0.15, 0.2) is 5.69 Å². The fourth-order valence-electron chi connectivity index (χ4n) is 2.21. The number of hydrogen-bond donors (Lipinski definition) is 1. The largest absolute Gasteiger partial charge is 0.464 e. The highest BCUT2D eigenvalue weighted by Crippen LogP contribution is 2.27. The van der Waals surface area contributed by atoms with Gasteiger partial charge in [0.25, 0.3) is 0 Å². The van der Waals surface area contributed by atoms with Crippen molar-refractivity contribution >= 4 is 38.5 Å². The zero-order chi connectivity index (χ0) is 16.4. The number of pyridine rings is 1. The number of halogens is 1. The summed E-state index contributed by atoms with van der Waals surface area (Å²) in [5.74, 6) is 0.307. The Morgan fingerprint density at radius 2 is 2.22 bits per heavy atom. The summed E-state index contributed by atoms with van der Waals surface area (Å²) in [5, 5.41) is 8.22. The van der Waals surface area contributed by atoms with Gasteiger partial charge in [0.2, 0.25) is 0 Å². The first kappa shape index (κ1) is 15.4. The molecule has 3 rings (SSSR count). The Balaban J connectivity index is 2.03. The van der Waals surface area contributed by atoms with Gasteiger partial charge < -0.3 is 10.1 Å². The molecule has 1 N–H and O–H groups in total. The first-order valence-corrected chi connectivity index (χ1v) is 7.63. The summed E-state index contributed by atoms with van der Waals surface area (Å²) in [4.78, 5) is 20.3. The van der Waals surface area contributed by atoms with Crippen LogP contribution in [0.1, 0.15) is 16.3 Å². The summed E-state index contributed by atoms with van der Waals surface area (Å²) in [5.41, 5.74) is 1.74. The number of methoxy groups -OCH3 is 1. The van der Waals surface area contributed by atoms with Crippen LogP contribution in [0.3, 0.4) is 0 Å². The highest BCUT2D eigenvalue weighted by molar-refractivity contribution is 9.10. The normalized spacial score (nSPS) is 10.7. The molecule has 23 heavy (non-hydrogen) atoms. The molecule has 0 aliphatic heterocycles. The molecule has 2 heterocycles. The fraction of sp³-hybridized carbons (Fsp3) is 0.200. The van der Waals surface area contributed by atoms with E-state index in [1.54, 1.807) is 10.7 Å². The Morgan fingerprint density at radius 1 is 1.39 bits per heavy atom. The van der Waals surface area contributed by atoms with Crippen LogP contribution < -0.4 is 5.32 Å². The second-order valence-electron chi connectivity index (χ2n) is 4.86. The van der Waals surface area contributed by atoms with Gasteiger partial charge in [-0.05, 0) is 24.3 Å². The molecule has 3 aromatic rings. The third-order valence-electron chi connectivity index (χ3n) is 3.41. The van der Waals surface area contributed by atoms with Gasteiger partial charge in [0.05, 0.1) is 19.2 Å². The van der Waals surface area contributed by atoms with Crippen LogP contribution in [0.25, 0.3) is 10.9 Å². The quantitative estimate of drug-likeness (QED) is 0.705. The average Bonchev–Trinajstić information content (AvgIpc) is 2.96. The molecule has 0 aliphatic rings. The number of nitrogens with zero attached hydrogens (tertiary/aromatic N) is 4. The van der Waals surface area contributed by atoms with Gasteiger partial charge in [-0.3, -0.25) is 4.68 Å². The first-order valence-electron chi connectivity index (χ1n) is 6.84. The Bertz CT molecular complexity index is 877.